The fourth-order valence-corrected chi connectivity index (χ4v) is 5.37. The van der Waals surface area contributed by atoms with Crippen LogP contribution in [-0.2, 0) is 7.05 Å². The summed E-state index contributed by atoms with van der Waals surface area (Å²) in [5, 5.41) is 4.72. The van der Waals surface area contributed by atoms with Crippen LogP contribution in [0.15, 0.2) is 6.20 Å². The fourth-order valence-electron chi connectivity index (χ4n) is 5.37. The Hall–Kier alpha value is -1.36. The van der Waals surface area contributed by atoms with Crippen LogP contribution in [0, 0.1) is 0 Å². The molecule has 1 aromatic heterocycles. The van der Waals surface area contributed by atoms with Crippen molar-refractivity contribution in [2.24, 2.45) is 7.05 Å². The summed E-state index contributed by atoms with van der Waals surface area (Å²) in [6.45, 7) is 2.08. The van der Waals surface area contributed by atoms with E-state index in [1.807, 2.05) is 17.9 Å². The highest BCUT2D eigenvalue weighted by molar-refractivity contribution is 5.95. The molecule has 3 aliphatic rings. The van der Waals surface area contributed by atoms with Crippen LogP contribution in [0.2, 0.25) is 0 Å². The topological polar surface area (TPSA) is 41.4 Å². The minimum atomic E-state index is 0.233. The van der Waals surface area contributed by atoms with Crippen molar-refractivity contribution in [3.05, 3.63) is 17.5 Å². The van der Waals surface area contributed by atoms with E-state index in [1.54, 1.807) is 0 Å². The minimum Gasteiger partial charge on any atom is -0.334 e. The number of nitrogens with zero attached hydrogens (tertiary/aromatic N) is 4. The molecule has 25 heavy (non-hydrogen) atoms. The number of carbonyl (C=O) groups is 1. The average molecular weight is 345 g/mol. The Morgan fingerprint density at radius 2 is 1.68 bits per heavy atom. The number of aryl methyl sites for hydroxylation is 1. The Morgan fingerprint density at radius 3 is 2.40 bits per heavy atom. The molecule has 1 aromatic rings. The quantitative estimate of drug-likeness (QED) is 0.846. The summed E-state index contributed by atoms with van der Waals surface area (Å²) < 4.78 is 1.85. The van der Waals surface area contributed by atoms with Crippen LogP contribution >= 0.6 is 0 Å². The van der Waals surface area contributed by atoms with Gasteiger partial charge in [-0.3, -0.25) is 9.48 Å². The molecule has 1 aliphatic carbocycles. The molecule has 2 saturated heterocycles. The van der Waals surface area contributed by atoms with Crippen molar-refractivity contribution >= 4 is 5.91 Å². The number of hydrogen-bond acceptors (Lipinski definition) is 3. The maximum atomic E-state index is 13.5. The van der Waals surface area contributed by atoms with Crippen LogP contribution in [0.1, 0.15) is 79.8 Å². The molecule has 0 radical (unpaired) electrons. The Balaban J connectivity index is 1.57. The van der Waals surface area contributed by atoms with Crippen molar-refractivity contribution in [3.63, 3.8) is 0 Å². The zero-order valence-electron chi connectivity index (χ0n) is 15.8. The molecule has 0 N–H and O–H groups in total. The van der Waals surface area contributed by atoms with Crippen molar-refractivity contribution in [1.82, 2.24) is 19.6 Å². The van der Waals surface area contributed by atoms with Gasteiger partial charge in [0.05, 0.1) is 11.3 Å². The number of carbonyl (C=O) groups excluding carboxylic acids is 1. The van der Waals surface area contributed by atoms with Crippen molar-refractivity contribution < 1.29 is 4.79 Å². The van der Waals surface area contributed by atoms with Crippen molar-refractivity contribution in [2.75, 3.05) is 20.1 Å². The van der Waals surface area contributed by atoms with Gasteiger partial charge in [-0.2, -0.15) is 5.10 Å². The van der Waals surface area contributed by atoms with Gasteiger partial charge in [0.2, 0.25) is 0 Å². The third kappa shape index (κ3) is 3.23. The summed E-state index contributed by atoms with van der Waals surface area (Å²) in [6, 6.07) is 0.931. The summed E-state index contributed by atoms with van der Waals surface area (Å²) >= 11 is 0. The van der Waals surface area contributed by atoms with E-state index in [9.17, 15) is 4.79 Å². The molecule has 1 saturated carbocycles. The highest BCUT2D eigenvalue weighted by Gasteiger charge is 2.40. The molecule has 1 amide bonds. The predicted octanol–water partition coefficient (Wildman–Crippen LogP) is 3.17. The molecule has 0 unspecified atom stereocenters. The molecule has 4 rings (SSSR count). The smallest absolute Gasteiger partial charge is 0.257 e. The van der Waals surface area contributed by atoms with Gasteiger partial charge in [-0.25, -0.2) is 0 Å². The molecule has 5 heteroatoms. The SMILES string of the molecule is CN1CCC[C@@H]1[C@H]1CCCN1C(=O)c1cn(C)nc1C1CCCCC1. The molecule has 2 aliphatic heterocycles. The first-order valence-corrected chi connectivity index (χ1v) is 10.2. The lowest BCUT2D eigenvalue weighted by molar-refractivity contribution is 0.0662. The van der Waals surface area contributed by atoms with E-state index < -0.39 is 0 Å². The summed E-state index contributed by atoms with van der Waals surface area (Å²) in [6.07, 6.45) is 13.0. The first-order chi connectivity index (χ1) is 12.1. The summed E-state index contributed by atoms with van der Waals surface area (Å²) in [5.74, 6) is 0.709. The minimum absolute atomic E-state index is 0.233. The maximum absolute atomic E-state index is 13.5. The second-order valence-corrected chi connectivity index (χ2v) is 8.33. The van der Waals surface area contributed by atoms with Crippen LogP contribution < -0.4 is 0 Å². The summed E-state index contributed by atoms with van der Waals surface area (Å²) in [5.41, 5.74) is 1.94. The van der Waals surface area contributed by atoms with Gasteiger partial charge >= 0.3 is 0 Å². The first-order valence-electron chi connectivity index (χ1n) is 10.2. The lowest BCUT2D eigenvalue weighted by atomic mass is 9.85. The van der Waals surface area contributed by atoms with Crippen LogP contribution in [0.25, 0.3) is 0 Å². The molecule has 0 aromatic carbocycles. The second kappa shape index (κ2) is 7.10. The van der Waals surface area contributed by atoms with Gasteiger partial charge in [-0.15, -0.1) is 0 Å². The normalized spacial score (nSPS) is 28.8. The monoisotopic (exact) mass is 344 g/mol. The maximum Gasteiger partial charge on any atom is 0.257 e. The summed E-state index contributed by atoms with van der Waals surface area (Å²) in [4.78, 5) is 18.1. The number of likely N-dealkylation sites (tertiary alicyclic amines) is 2. The molecule has 3 heterocycles. The first kappa shape index (κ1) is 17.1. The highest BCUT2D eigenvalue weighted by Crippen LogP contribution is 2.35. The van der Waals surface area contributed by atoms with Gasteiger partial charge in [-0.05, 0) is 52.1 Å². The Kier molecular flexibility index (Phi) is 4.85. The predicted molar refractivity (Wildman–Crippen MR) is 98.7 cm³/mol. The van der Waals surface area contributed by atoms with Crippen molar-refractivity contribution in [2.45, 2.75) is 75.8 Å². The Bertz CT molecular complexity index is 619. The van der Waals surface area contributed by atoms with Crippen molar-refractivity contribution in [3.8, 4) is 0 Å². The molecule has 3 fully saturated rings. The lowest BCUT2D eigenvalue weighted by Crippen LogP contribution is -2.47. The number of aromatic nitrogens is 2. The molecule has 2 atom stereocenters. The Morgan fingerprint density at radius 1 is 0.960 bits per heavy atom. The van der Waals surface area contributed by atoms with Gasteiger partial charge in [0.25, 0.3) is 5.91 Å². The van der Waals surface area contributed by atoms with Crippen LogP contribution in [0.5, 0.6) is 0 Å². The van der Waals surface area contributed by atoms with Crippen LogP contribution in [0.4, 0.5) is 0 Å². The Labute approximate surface area is 151 Å². The number of likely N-dealkylation sites (N-methyl/N-ethyl adjacent to an activating group) is 1. The van der Waals surface area contributed by atoms with E-state index >= 15 is 0 Å². The fraction of sp³-hybridized carbons (Fsp3) is 0.800. The van der Waals surface area contributed by atoms with E-state index in [-0.39, 0.29) is 5.91 Å². The van der Waals surface area contributed by atoms with Crippen molar-refractivity contribution in [1.29, 1.82) is 0 Å². The second-order valence-electron chi connectivity index (χ2n) is 8.33. The molecule has 0 bridgehead atoms. The number of amides is 1. The van der Waals surface area contributed by atoms with Crippen LogP contribution in [0.3, 0.4) is 0 Å². The largest absolute Gasteiger partial charge is 0.334 e. The van der Waals surface area contributed by atoms with E-state index in [0.717, 1.165) is 30.6 Å². The lowest BCUT2D eigenvalue weighted by Gasteiger charge is -2.33. The third-order valence-corrected chi connectivity index (χ3v) is 6.66. The van der Waals surface area contributed by atoms with Gasteiger partial charge in [0.1, 0.15) is 0 Å². The molecule has 0 spiro atoms. The van der Waals surface area contributed by atoms with Gasteiger partial charge in [0.15, 0.2) is 0 Å². The van der Waals surface area contributed by atoms with Gasteiger partial charge < -0.3 is 9.80 Å². The van der Waals surface area contributed by atoms with Gasteiger partial charge in [-0.1, -0.05) is 19.3 Å². The van der Waals surface area contributed by atoms with E-state index in [2.05, 4.69) is 16.8 Å². The third-order valence-electron chi connectivity index (χ3n) is 6.66. The zero-order chi connectivity index (χ0) is 17.4. The number of rotatable bonds is 3. The van der Waals surface area contributed by atoms with Gasteiger partial charge in [0, 0.05) is 37.8 Å². The molecule has 5 nitrogen and oxygen atoms in total. The van der Waals surface area contributed by atoms with E-state index in [1.165, 1.54) is 51.5 Å². The average Bonchev–Trinajstić information content (AvgIpc) is 3.34. The molecular formula is C20H32N4O. The zero-order valence-corrected chi connectivity index (χ0v) is 15.8. The van der Waals surface area contributed by atoms with Crippen LogP contribution in [-0.4, -0.2) is 57.7 Å². The highest BCUT2D eigenvalue weighted by atomic mass is 16.2. The summed E-state index contributed by atoms with van der Waals surface area (Å²) in [7, 11) is 4.17. The standard InChI is InChI=1S/C20H32N4O/c1-22-12-6-10-17(22)18-11-7-13-24(18)20(25)16-14-23(2)21-19(16)15-8-4-3-5-9-15/h14-15,17-18H,3-13H2,1-2H3/t17-,18-/m1/s1. The van der Waals surface area contributed by atoms with E-state index in [4.69, 9.17) is 5.10 Å². The van der Waals surface area contributed by atoms with E-state index in [0.29, 0.717) is 18.0 Å². The molecular weight excluding hydrogens is 312 g/mol. The number of hydrogen-bond donors (Lipinski definition) is 0. The molecule has 138 valence electrons.